The molecule has 36 heavy (non-hydrogen) atoms. The fraction of sp³-hybridized carbons (Fsp3) is 0.333. The third-order valence-corrected chi connectivity index (χ3v) is 5.11. The molecule has 2 aromatic rings. The summed E-state index contributed by atoms with van der Waals surface area (Å²) < 4.78 is 4.84. The first-order valence-electron chi connectivity index (χ1n) is 11.4. The van der Waals surface area contributed by atoms with Crippen LogP contribution in [0.3, 0.4) is 0 Å². The summed E-state index contributed by atoms with van der Waals surface area (Å²) in [6, 6.07) is 15.2. The van der Waals surface area contributed by atoms with Gasteiger partial charge in [0.15, 0.2) is 5.96 Å². The molecule has 6 N–H and O–H groups in total. The van der Waals surface area contributed by atoms with E-state index >= 15 is 0 Å². The summed E-state index contributed by atoms with van der Waals surface area (Å²) in [6.45, 7) is 5.05. The first-order valence-corrected chi connectivity index (χ1v) is 11.4. The average Bonchev–Trinajstić information content (AvgIpc) is 2.84. The molecule has 0 aliphatic rings. The molecule has 0 aliphatic heterocycles. The second kappa shape index (κ2) is 13.0. The van der Waals surface area contributed by atoms with Gasteiger partial charge in [-0.2, -0.15) is 0 Å². The number of guanidine groups is 1. The lowest BCUT2D eigenvalue weighted by molar-refractivity contribution is -0.145. The number of aliphatic imine (C=N–C) groups is 1. The molecule has 2 atom stereocenters. The maximum atomic E-state index is 12.6. The van der Waals surface area contributed by atoms with E-state index in [4.69, 9.17) is 16.2 Å². The van der Waals surface area contributed by atoms with Crippen molar-refractivity contribution >= 4 is 23.7 Å². The summed E-state index contributed by atoms with van der Waals surface area (Å²) in [5.41, 5.74) is 12.8. The summed E-state index contributed by atoms with van der Waals surface area (Å²) in [5, 5.41) is 5.13. The Labute approximate surface area is 211 Å². The van der Waals surface area contributed by atoms with Crippen LogP contribution in [-0.4, -0.2) is 49.5 Å². The van der Waals surface area contributed by atoms with Crippen LogP contribution in [0.15, 0.2) is 59.6 Å². The second-order valence-electron chi connectivity index (χ2n) is 9.20. The lowest BCUT2D eigenvalue weighted by atomic mass is 9.86. The number of rotatable bonds is 8. The zero-order chi connectivity index (χ0) is 26.7. The average molecular weight is 492 g/mol. The fourth-order valence-corrected chi connectivity index (χ4v) is 3.27. The summed E-state index contributed by atoms with van der Waals surface area (Å²) in [5.74, 6) is 4.29. The number of hydrogen-bond donors (Lipinski definition) is 4. The molecule has 0 saturated heterocycles. The van der Waals surface area contributed by atoms with E-state index in [-0.39, 0.29) is 18.9 Å². The lowest BCUT2D eigenvalue weighted by Crippen LogP contribution is -2.50. The van der Waals surface area contributed by atoms with Gasteiger partial charge in [0.25, 0.3) is 0 Å². The molecule has 0 fully saturated rings. The van der Waals surface area contributed by atoms with E-state index < -0.39 is 35.3 Å². The van der Waals surface area contributed by atoms with Crippen LogP contribution in [0.4, 0.5) is 0 Å². The highest BCUT2D eigenvalue weighted by molar-refractivity contribution is 5.91. The summed E-state index contributed by atoms with van der Waals surface area (Å²) in [4.78, 5) is 41.3. The van der Waals surface area contributed by atoms with Gasteiger partial charge in [-0.05, 0) is 35.2 Å². The number of nitrogens with two attached hydrogens (primary N) is 2. The molecule has 2 rings (SSSR count). The highest BCUT2D eigenvalue weighted by atomic mass is 16.5. The number of amides is 2. The lowest BCUT2D eigenvalue weighted by Gasteiger charge is -2.26. The van der Waals surface area contributed by atoms with Crippen molar-refractivity contribution in [2.24, 2.45) is 21.9 Å². The van der Waals surface area contributed by atoms with Crippen molar-refractivity contribution in [3.63, 3.8) is 0 Å². The number of hydrogen-bond acceptors (Lipinski definition) is 5. The molecule has 0 saturated carbocycles. The number of benzene rings is 2. The second-order valence-corrected chi connectivity index (χ2v) is 9.20. The largest absolute Gasteiger partial charge is 0.467 e. The standard InChI is InChI=1S/C27H33N5O4/c1-27(2,3)23(32-26(28)29)24(34)30-17-22(33)31-21(25(35)36-4)16-20-14-12-19(13-15-20)11-10-18-8-6-5-7-9-18/h5-9,12-15,21,23H,16-17H2,1-4H3,(H,30,34)(H,31,33)(H4,28,29,32). The number of carbonyl (C=O) groups excluding carboxylic acids is 3. The monoisotopic (exact) mass is 491 g/mol. The van der Waals surface area contributed by atoms with Gasteiger partial charge in [0, 0.05) is 17.5 Å². The molecule has 0 heterocycles. The third kappa shape index (κ3) is 9.14. The van der Waals surface area contributed by atoms with E-state index in [1.807, 2.05) is 54.6 Å². The van der Waals surface area contributed by atoms with Gasteiger partial charge in [-0.1, -0.05) is 62.9 Å². The molecule has 0 radical (unpaired) electrons. The summed E-state index contributed by atoms with van der Waals surface area (Å²) >= 11 is 0. The van der Waals surface area contributed by atoms with Gasteiger partial charge in [-0.15, -0.1) is 0 Å². The van der Waals surface area contributed by atoms with Crippen molar-refractivity contribution in [3.8, 4) is 11.8 Å². The Bertz CT molecular complexity index is 1140. The van der Waals surface area contributed by atoms with Crippen LogP contribution >= 0.6 is 0 Å². The van der Waals surface area contributed by atoms with E-state index in [1.165, 1.54) is 7.11 Å². The van der Waals surface area contributed by atoms with Gasteiger partial charge < -0.3 is 26.8 Å². The molecule has 9 heteroatoms. The molecule has 0 bridgehead atoms. The van der Waals surface area contributed by atoms with Crippen LogP contribution in [0.1, 0.15) is 37.5 Å². The Balaban J connectivity index is 2.01. The first-order chi connectivity index (χ1) is 17.0. The molecule has 2 unspecified atom stereocenters. The Morgan fingerprint density at radius 3 is 2.08 bits per heavy atom. The Morgan fingerprint density at radius 1 is 0.972 bits per heavy atom. The van der Waals surface area contributed by atoms with Crippen LogP contribution in [0.25, 0.3) is 0 Å². The number of carbonyl (C=O) groups is 3. The van der Waals surface area contributed by atoms with E-state index in [1.54, 1.807) is 20.8 Å². The molecule has 0 aliphatic carbocycles. The molecular weight excluding hydrogens is 458 g/mol. The number of nitrogens with zero attached hydrogens (tertiary/aromatic N) is 1. The zero-order valence-corrected chi connectivity index (χ0v) is 21.0. The van der Waals surface area contributed by atoms with Gasteiger partial charge in [-0.3, -0.25) is 9.59 Å². The Hall–Kier alpha value is -4.32. The highest BCUT2D eigenvalue weighted by Gasteiger charge is 2.31. The summed E-state index contributed by atoms with van der Waals surface area (Å²) in [6.07, 6.45) is 0.206. The topological polar surface area (TPSA) is 149 Å². The van der Waals surface area contributed by atoms with Gasteiger partial charge in [-0.25, -0.2) is 9.79 Å². The summed E-state index contributed by atoms with van der Waals surface area (Å²) in [7, 11) is 1.24. The molecule has 9 nitrogen and oxygen atoms in total. The van der Waals surface area contributed by atoms with Crippen molar-refractivity contribution in [3.05, 3.63) is 71.3 Å². The molecule has 2 aromatic carbocycles. The van der Waals surface area contributed by atoms with Crippen LogP contribution in [0.2, 0.25) is 0 Å². The molecule has 2 amide bonds. The van der Waals surface area contributed by atoms with Crippen LogP contribution < -0.4 is 22.1 Å². The van der Waals surface area contributed by atoms with Gasteiger partial charge in [0.2, 0.25) is 11.8 Å². The van der Waals surface area contributed by atoms with Crippen molar-refractivity contribution in [1.82, 2.24) is 10.6 Å². The predicted octanol–water partition coefficient (Wildman–Crippen LogP) is 1.09. The van der Waals surface area contributed by atoms with Crippen LogP contribution in [0.5, 0.6) is 0 Å². The highest BCUT2D eigenvalue weighted by Crippen LogP contribution is 2.22. The quantitative estimate of drug-likeness (QED) is 0.188. The minimum atomic E-state index is -0.934. The predicted molar refractivity (Wildman–Crippen MR) is 139 cm³/mol. The van der Waals surface area contributed by atoms with Gasteiger partial charge >= 0.3 is 5.97 Å². The van der Waals surface area contributed by atoms with Crippen molar-refractivity contribution < 1.29 is 19.1 Å². The molecular formula is C27H33N5O4. The van der Waals surface area contributed by atoms with Crippen molar-refractivity contribution in [2.75, 3.05) is 13.7 Å². The van der Waals surface area contributed by atoms with E-state index in [0.29, 0.717) is 0 Å². The SMILES string of the molecule is COC(=O)C(Cc1ccc(C#Cc2ccccc2)cc1)NC(=O)CNC(=O)C(N=C(N)N)C(C)(C)C. The van der Waals surface area contributed by atoms with E-state index in [9.17, 15) is 14.4 Å². The smallest absolute Gasteiger partial charge is 0.328 e. The number of nitrogens with one attached hydrogen (secondary N) is 2. The van der Waals surface area contributed by atoms with E-state index in [0.717, 1.165) is 16.7 Å². The molecule has 0 spiro atoms. The minimum Gasteiger partial charge on any atom is -0.467 e. The van der Waals surface area contributed by atoms with Crippen LogP contribution in [0, 0.1) is 17.3 Å². The maximum Gasteiger partial charge on any atom is 0.328 e. The minimum absolute atomic E-state index is 0.206. The van der Waals surface area contributed by atoms with Gasteiger partial charge in [0.1, 0.15) is 12.1 Å². The Morgan fingerprint density at radius 2 is 1.56 bits per heavy atom. The molecule has 190 valence electrons. The van der Waals surface area contributed by atoms with Crippen molar-refractivity contribution in [2.45, 2.75) is 39.3 Å². The third-order valence-electron chi connectivity index (χ3n) is 5.11. The number of esters is 1. The van der Waals surface area contributed by atoms with Gasteiger partial charge in [0.05, 0.1) is 13.7 Å². The zero-order valence-electron chi connectivity index (χ0n) is 21.0. The first kappa shape index (κ1) is 27.9. The van der Waals surface area contributed by atoms with Crippen LogP contribution in [-0.2, 0) is 25.5 Å². The molecule has 0 aromatic heterocycles. The van der Waals surface area contributed by atoms with E-state index in [2.05, 4.69) is 27.5 Å². The van der Waals surface area contributed by atoms with Crippen molar-refractivity contribution in [1.29, 1.82) is 0 Å². The number of ether oxygens (including phenoxy) is 1. The Kier molecular flexibility index (Phi) is 10.0. The normalized spacial score (nSPS) is 12.2. The fourth-order valence-electron chi connectivity index (χ4n) is 3.27. The number of methoxy groups -OCH3 is 1. The maximum absolute atomic E-state index is 12.6.